The third-order valence-corrected chi connectivity index (χ3v) is 4.42. The first-order valence-electron chi connectivity index (χ1n) is 5.36. The zero-order chi connectivity index (χ0) is 15.7. The van der Waals surface area contributed by atoms with Gasteiger partial charge in [0.1, 0.15) is 0 Å². The maximum Gasteiger partial charge on any atom is 0.337 e. The summed E-state index contributed by atoms with van der Waals surface area (Å²) in [5.41, 5.74) is -1.05. The van der Waals surface area contributed by atoms with Crippen LogP contribution in [0.1, 0.15) is 31.1 Å². The van der Waals surface area contributed by atoms with Crippen LogP contribution in [0.15, 0.2) is 21.5 Å². The van der Waals surface area contributed by atoms with E-state index in [0.717, 1.165) is 6.07 Å². The third kappa shape index (κ3) is 4.42. The average molecular weight is 387 g/mol. The van der Waals surface area contributed by atoms with Crippen molar-refractivity contribution in [1.29, 1.82) is 0 Å². The van der Waals surface area contributed by atoms with Crippen molar-refractivity contribution >= 4 is 43.5 Å². The van der Waals surface area contributed by atoms with E-state index in [-0.39, 0.29) is 20.0 Å². The highest BCUT2D eigenvalue weighted by atomic mass is 79.9. The van der Waals surface area contributed by atoms with Gasteiger partial charge in [0.05, 0.1) is 21.1 Å². The molecule has 0 aliphatic carbocycles. The number of carboxylic acids is 1. The number of aromatic carboxylic acids is 1. The molecule has 0 spiro atoms. The second-order valence-electron chi connectivity index (χ2n) is 4.87. The Bertz CT molecular complexity index is 639. The predicted octanol–water partition coefficient (Wildman–Crippen LogP) is 2.81. The summed E-state index contributed by atoms with van der Waals surface area (Å²) in [6.45, 7) is 4.99. The second kappa shape index (κ2) is 5.98. The van der Waals surface area contributed by atoms with Crippen molar-refractivity contribution in [2.24, 2.45) is 0 Å². The molecule has 1 aromatic carbocycles. The van der Waals surface area contributed by atoms with Crippen LogP contribution >= 0.6 is 27.5 Å². The highest BCUT2D eigenvalue weighted by Gasteiger charge is 2.23. The number of benzene rings is 1. The minimum absolute atomic E-state index is 0.0758. The molecule has 2 N–H and O–H groups in total. The van der Waals surface area contributed by atoms with Crippen LogP contribution in [0.5, 0.6) is 0 Å². The summed E-state index contributed by atoms with van der Waals surface area (Å²) in [5.74, 6) is -1.33. The SMILES string of the molecule is CC(C)(C)ONS(=O)(=O)c1cc(Br)c(Cl)c(C(=O)O)c1. The summed E-state index contributed by atoms with van der Waals surface area (Å²) in [5, 5.41) is 8.91. The maximum absolute atomic E-state index is 12.0. The Morgan fingerprint density at radius 3 is 2.40 bits per heavy atom. The van der Waals surface area contributed by atoms with Gasteiger partial charge in [-0.1, -0.05) is 16.5 Å². The molecular weight excluding hydrogens is 374 g/mol. The van der Waals surface area contributed by atoms with Gasteiger partial charge in [0, 0.05) is 4.47 Å². The van der Waals surface area contributed by atoms with E-state index in [0.29, 0.717) is 0 Å². The Labute approximate surface area is 130 Å². The minimum Gasteiger partial charge on any atom is -0.478 e. The fraction of sp³-hybridized carbons (Fsp3) is 0.364. The lowest BCUT2D eigenvalue weighted by atomic mass is 10.2. The quantitative estimate of drug-likeness (QED) is 0.776. The number of carbonyl (C=O) groups is 1. The summed E-state index contributed by atoms with van der Waals surface area (Å²) in [7, 11) is -4.01. The summed E-state index contributed by atoms with van der Waals surface area (Å²) in [6, 6.07) is 2.16. The van der Waals surface area contributed by atoms with Crippen LogP contribution in [0.4, 0.5) is 0 Å². The van der Waals surface area contributed by atoms with Gasteiger partial charge in [-0.15, -0.1) is 0 Å². The van der Waals surface area contributed by atoms with Crippen molar-refractivity contribution < 1.29 is 23.2 Å². The van der Waals surface area contributed by atoms with Gasteiger partial charge in [-0.2, -0.15) is 0 Å². The first-order valence-corrected chi connectivity index (χ1v) is 8.01. The highest BCUT2D eigenvalue weighted by Crippen LogP contribution is 2.30. The van der Waals surface area contributed by atoms with Crippen LogP contribution in [-0.2, 0) is 14.9 Å². The standard InChI is InChI=1S/C11H13BrClNO5S/c1-11(2,3)19-14-20(17,18)6-4-7(10(15)16)9(13)8(12)5-6/h4-5,14H,1-3H3,(H,15,16). The molecule has 1 aromatic rings. The second-order valence-corrected chi connectivity index (χ2v) is 7.75. The highest BCUT2D eigenvalue weighted by molar-refractivity contribution is 9.10. The van der Waals surface area contributed by atoms with E-state index in [1.165, 1.54) is 6.07 Å². The Morgan fingerprint density at radius 1 is 1.40 bits per heavy atom. The average Bonchev–Trinajstić information content (AvgIpc) is 2.28. The zero-order valence-corrected chi connectivity index (χ0v) is 14.1. The van der Waals surface area contributed by atoms with E-state index in [1.54, 1.807) is 20.8 Å². The van der Waals surface area contributed by atoms with E-state index in [2.05, 4.69) is 15.9 Å². The zero-order valence-electron chi connectivity index (χ0n) is 10.9. The van der Waals surface area contributed by atoms with Crippen molar-refractivity contribution in [3.05, 3.63) is 27.2 Å². The Balaban J connectivity index is 3.23. The third-order valence-electron chi connectivity index (χ3n) is 2.00. The largest absolute Gasteiger partial charge is 0.478 e. The predicted molar refractivity (Wildman–Crippen MR) is 77.3 cm³/mol. The van der Waals surface area contributed by atoms with Crippen LogP contribution < -0.4 is 4.89 Å². The van der Waals surface area contributed by atoms with Gasteiger partial charge < -0.3 is 5.11 Å². The molecule has 0 unspecified atom stereocenters. The normalized spacial score (nSPS) is 12.4. The van der Waals surface area contributed by atoms with Gasteiger partial charge in [0.25, 0.3) is 10.0 Å². The summed E-state index contributed by atoms with van der Waals surface area (Å²) >= 11 is 8.81. The van der Waals surface area contributed by atoms with E-state index in [9.17, 15) is 13.2 Å². The molecule has 0 saturated carbocycles. The first-order chi connectivity index (χ1) is 8.94. The fourth-order valence-corrected chi connectivity index (χ4v) is 2.91. The number of carboxylic acid groups (broad SMARTS) is 1. The summed E-state index contributed by atoms with van der Waals surface area (Å²) in [4.78, 5) is 17.7. The topological polar surface area (TPSA) is 92.7 Å². The number of hydrogen-bond donors (Lipinski definition) is 2. The molecule has 0 heterocycles. The number of rotatable bonds is 4. The smallest absolute Gasteiger partial charge is 0.337 e. The molecule has 0 amide bonds. The Morgan fingerprint density at radius 2 is 1.95 bits per heavy atom. The molecule has 6 nitrogen and oxygen atoms in total. The molecule has 0 radical (unpaired) electrons. The molecule has 112 valence electrons. The lowest BCUT2D eigenvalue weighted by molar-refractivity contribution is -0.0357. The van der Waals surface area contributed by atoms with Crippen LogP contribution in [0.25, 0.3) is 0 Å². The molecule has 0 saturated heterocycles. The molecule has 0 aromatic heterocycles. The monoisotopic (exact) mass is 385 g/mol. The minimum atomic E-state index is -4.01. The van der Waals surface area contributed by atoms with Crippen molar-refractivity contribution in [1.82, 2.24) is 4.89 Å². The summed E-state index contributed by atoms with van der Waals surface area (Å²) in [6.07, 6.45) is 0. The van der Waals surface area contributed by atoms with Crippen molar-refractivity contribution in [2.75, 3.05) is 0 Å². The lowest BCUT2D eigenvalue weighted by Gasteiger charge is -2.19. The van der Waals surface area contributed by atoms with E-state index < -0.39 is 21.6 Å². The van der Waals surface area contributed by atoms with Crippen molar-refractivity contribution in [3.63, 3.8) is 0 Å². The van der Waals surface area contributed by atoms with E-state index >= 15 is 0 Å². The molecule has 0 fully saturated rings. The lowest BCUT2D eigenvalue weighted by Crippen LogP contribution is -2.33. The number of hydrogen-bond acceptors (Lipinski definition) is 4. The molecule has 0 aliphatic heterocycles. The summed E-state index contributed by atoms with van der Waals surface area (Å²) < 4.78 is 24.2. The maximum atomic E-state index is 12.0. The van der Waals surface area contributed by atoms with E-state index in [4.69, 9.17) is 21.5 Å². The van der Waals surface area contributed by atoms with Gasteiger partial charge in [0.2, 0.25) is 0 Å². The Kier molecular flexibility index (Phi) is 5.20. The van der Waals surface area contributed by atoms with Crippen LogP contribution in [0.2, 0.25) is 5.02 Å². The molecule has 0 aliphatic rings. The molecule has 0 bridgehead atoms. The molecule has 9 heteroatoms. The van der Waals surface area contributed by atoms with Crippen LogP contribution in [0, 0.1) is 0 Å². The van der Waals surface area contributed by atoms with Crippen molar-refractivity contribution in [2.45, 2.75) is 31.3 Å². The fourth-order valence-electron chi connectivity index (χ4n) is 1.10. The Hall–Kier alpha value is -0.670. The van der Waals surface area contributed by atoms with Crippen LogP contribution in [-0.4, -0.2) is 25.1 Å². The van der Waals surface area contributed by atoms with Crippen molar-refractivity contribution in [3.8, 4) is 0 Å². The number of sulfonamides is 1. The molecule has 20 heavy (non-hydrogen) atoms. The van der Waals surface area contributed by atoms with Gasteiger partial charge in [-0.05, 0) is 48.8 Å². The van der Waals surface area contributed by atoms with Crippen LogP contribution in [0.3, 0.4) is 0 Å². The van der Waals surface area contributed by atoms with Gasteiger partial charge in [-0.25, -0.2) is 13.2 Å². The number of halogens is 2. The number of nitrogens with one attached hydrogen (secondary N) is 1. The first kappa shape index (κ1) is 17.4. The van der Waals surface area contributed by atoms with Gasteiger partial charge in [-0.3, -0.25) is 4.84 Å². The van der Waals surface area contributed by atoms with E-state index in [1.807, 2.05) is 4.89 Å². The van der Waals surface area contributed by atoms with Gasteiger partial charge >= 0.3 is 5.97 Å². The molecule has 1 rings (SSSR count). The molecular formula is C11H13BrClNO5S. The molecule has 0 atom stereocenters. The van der Waals surface area contributed by atoms with Gasteiger partial charge in [0.15, 0.2) is 0 Å².